The quantitative estimate of drug-likeness (QED) is 0.887. The first-order valence-corrected chi connectivity index (χ1v) is 5.95. The first-order valence-electron chi connectivity index (χ1n) is 5.18. The molecule has 0 unspecified atom stereocenters. The topological polar surface area (TPSA) is 72.2 Å². The van der Waals surface area contributed by atoms with Crippen molar-refractivity contribution in [3.05, 3.63) is 27.7 Å². The predicted octanol–water partition coefficient (Wildman–Crippen LogP) is 2.05. The molecular formula is C11H12N2O3S. The van der Waals surface area contributed by atoms with Crippen LogP contribution >= 0.6 is 11.5 Å². The van der Waals surface area contributed by atoms with E-state index < -0.39 is 11.4 Å². The molecule has 0 aliphatic carbocycles. The number of carboxylic acids is 1. The molecule has 2 heterocycles. The largest absolute Gasteiger partial charge is 0.477 e. The van der Waals surface area contributed by atoms with Crippen LogP contribution in [0.4, 0.5) is 0 Å². The van der Waals surface area contributed by atoms with Crippen LogP contribution in [0.2, 0.25) is 0 Å². The molecule has 0 radical (unpaired) electrons. The summed E-state index contributed by atoms with van der Waals surface area (Å²) < 4.78 is 5.91. The minimum Gasteiger partial charge on any atom is -0.477 e. The van der Waals surface area contributed by atoms with Crippen molar-refractivity contribution in [3.8, 4) is 0 Å². The zero-order chi connectivity index (χ0) is 12.7. The Balaban J connectivity index is 2.97. The number of aromatic carboxylic acids is 1. The van der Waals surface area contributed by atoms with Gasteiger partial charge in [0.1, 0.15) is 10.4 Å². The molecule has 0 aliphatic rings. The summed E-state index contributed by atoms with van der Waals surface area (Å²) in [4.78, 5) is 23.8. The Labute approximate surface area is 101 Å². The van der Waals surface area contributed by atoms with Crippen molar-refractivity contribution in [1.82, 2.24) is 8.94 Å². The Hall–Kier alpha value is -1.69. The number of rotatable bonds is 2. The fraction of sp³-hybridized carbons (Fsp3) is 0.364. The van der Waals surface area contributed by atoms with Gasteiger partial charge in [0, 0.05) is 12.2 Å². The van der Waals surface area contributed by atoms with Crippen LogP contribution in [0.15, 0.2) is 11.0 Å². The third-order valence-electron chi connectivity index (χ3n) is 2.61. The third-order valence-corrected chi connectivity index (χ3v) is 3.56. The number of carbonyl (C=O) groups is 1. The fourth-order valence-electron chi connectivity index (χ4n) is 1.72. The molecule has 0 amide bonds. The molecule has 0 spiro atoms. The smallest absolute Gasteiger partial charge is 0.341 e. The van der Waals surface area contributed by atoms with Gasteiger partial charge in [-0.2, -0.15) is 4.37 Å². The molecule has 0 fully saturated rings. The highest BCUT2D eigenvalue weighted by Crippen LogP contribution is 2.23. The molecule has 5 nitrogen and oxygen atoms in total. The van der Waals surface area contributed by atoms with Gasteiger partial charge in [-0.25, -0.2) is 4.79 Å². The maximum Gasteiger partial charge on any atom is 0.341 e. The molecule has 17 heavy (non-hydrogen) atoms. The normalized spacial score (nSPS) is 11.3. The third kappa shape index (κ3) is 1.74. The number of aromatic nitrogens is 2. The first kappa shape index (κ1) is 11.8. The Bertz CT molecular complexity index is 655. The van der Waals surface area contributed by atoms with Crippen LogP contribution < -0.4 is 5.43 Å². The number of hydrogen-bond donors (Lipinski definition) is 1. The lowest BCUT2D eigenvalue weighted by Crippen LogP contribution is -2.19. The Kier molecular flexibility index (Phi) is 2.74. The molecule has 0 saturated carbocycles. The van der Waals surface area contributed by atoms with E-state index in [1.54, 1.807) is 11.5 Å². The van der Waals surface area contributed by atoms with Crippen LogP contribution in [0.3, 0.4) is 0 Å². The number of fused-ring (bicyclic) bond motifs is 1. The summed E-state index contributed by atoms with van der Waals surface area (Å²) in [6.45, 7) is 5.59. The Morgan fingerprint density at radius 2 is 2.18 bits per heavy atom. The number of pyridine rings is 1. The van der Waals surface area contributed by atoms with Gasteiger partial charge in [0.25, 0.3) is 0 Å². The number of carboxylic acid groups (broad SMARTS) is 1. The van der Waals surface area contributed by atoms with Gasteiger partial charge < -0.3 is 9.67 Å². The highest BCUT2D eigenvalue weighted by molar-refractivity contribution is 7.13. The van der Waals surface area contributed by atoms with E-state index in [-0.39, 0.29) is 11.6 Å². The van der Waals surface area contributed by atoms with Crippen LogP contribution in [0.5, 0.6) is 0 Å². The molecule has 90 valence electrons. The number of aryl methyl sites for hydroxylation is 1. The monoisotopic (exact) mass is 252 g/mol. The zero-order valence-corrected chi connectivity index (χ0v) is 10.5. The summed E-state index contributed by atoms with van der Waals surface area (Å²) in [6.07, 6.45) is 1.40. The Morgan fingerprint density at radius 3 is 2.71 bits per heavy atom. The second-order valence-electron chi connectivity index (χ2n) is 4.13. The average molecular weight is 252 g/mol. The summed E-state index contributed by atoms with van der Waals surface area (Å²) in [6, 6.07) is 0.0797. The molecule has 6 heteroatoms. The second kappa shape index (κ2) is 3.96. The highest BCUT2D eigenvalue weighted by Gasteiger charge is 2.18. The summed E-state index contributed by atoms with van der Waals surface area (Å²) in [7, 11) is 0. The SMILES string of the molecule is Cc1nsc2c1c(=O)c(C(=O)O)cn2C(C)C. The summed E-state index contributed by atoms with van der Waals surface area (Å²) in [5.41, 5.74) is -0.0577. The fourth-order valence-corrected chi connectivity index (χ4v) is 2.73. The van der Waals surface area contributed by atoms with Gasteiger partial charge in [0.2, 0.25) is 5.43 Å². The maximum atomic E-state index is 12.0. The summed E-state index contributed by atoms with van der Waals surface area (Å²) in [5, 5.41) is 9.45. The molecule has 0 saturated heterocycles. The van der Waals surface area contributed by atoms with E-state index in [0.29, 0.717) is 11.1 Å². The molecule has 2 rings (SSSR count). The van der Waals surface area contributed by atoms with Crippen LogP contribution in [-0.4, -0.2) is 20.0 Å². The van der Waals surface area contributed by atoms with Crippen LogP contribution in [-0.2, 0) is 0 Å². The van der Waals surface area contributed by atoms with Crippen LogP contribution in [0.1, 0.15) is 35.9 Å². The van der Waals surface area contributed by atoms with E-state index in [9.17, 15) is 9.59 Å². The minimum atomic E-state index is -1.20. The number of nitrogens with zero attached hydrogens (tertiary/aromatic N) is 2. The minimum absolute atomic E-state index is 0.0797. The van der Waals surface area contributed by atoms with Gasteiger partial charge >= 0.3 is 5.97 Å². The lowest BCUT2D eigenvalue weighted by Gasteiger charge is -2.12. The van der Waals surface area contributed by atoms with Crippen molar-refractivity contribution < 1.29 is 9.90 Å². The van der Waals surface area contributed by atoms with Crippen molar-refractivity contribution in [2.75, 3.05) is 0 Å². The standard InChI is InChI=1S/C11H12N2O3S/c1-5(2)13-4-7(11(15)16)9(14)8-6(3)12-17-10(8)13/h4-5H,1-3H3,(H,15,16). The van der Waals surface area contributed by atoms with E-state index in [2.05, 4.69) is 4.37 Å². The van der Waals surface area contributed by atoms with Crippen molar-refractivity contribution in [2.24, 2.45) is 0 Å². The van der Waals surface area contributed by atoms with Crippen molar-refractivity contribution >= 4 is 27.7 Å². The van der Waals surface area contributed by atoms with Gasteiger partial charge in [-0.05, 0) is 32.3 Å². The van der Waals surface area contributed by atoms with Gasteiger partial charge in [-0.15, -0.1) is 0 Å². The highest BCUT2D eigenvalue weighted by atomic mass is 32.1. The first-order chi connectivity index (χ1) is 7.93. The van der Waals surface area contributed by atoms with Gasteiger partial charge in [-0.3, -0.25) is 4.79 Å². The van der Waals surface area contributed by atoms with Crippen molar-refractivity contribution in [1.29, 1.82) is 0 Å². The molecule has 1 N–H and O–H groups in total. The zero-order valence-electron chi connectivity index (χ0n) is 9.72. The van der Waals surface area contributed by atoms with Gasteiger partial charge in [0.15, 0.2) is 0 Å². The number of hydrogen-bond acceptors (Lipinski definition) is 4. The lowest BCUT2D eigenvalue weighted by atomic mass is 10.2. The average Bonchev–Trinajstić information content (AvgIpc) is 2.61. The van der Waals surface area contributed by atoms with E-state index in [1.807, 2.05) is 13.8 Å². The second-order valence-corrected chi connectivity index (χ2v) is 4.88. The predicted molar refractivity (Wildman–Crippen MR) is 66.0 cm³/mol. The van der Waals surface area contributed by atoms with Gasteiger partial charge in [0.05, 0.1) is 11.1 Å². The van der Waals surface area contributed by atoms with E-state index >= 15 is 0 Å². The molecule has 0 aliphatic heterocycles. The van der Waals surface area contributed by atoms with Crippen LogP contribution in [0, 0.1) is 6.92 Å². The van der Waals surface area contributed by atoms with Gasteiger partial charge in [-0.1, -0.05) is 0 Å². The van der Waals surface area contributed by atoms with E-state index in [0.717, 1.165) is 4.83 Å². The summed E-state index contributed by atoms with van der Waals surface area (Å²) >= 11 is 1.22. The van der Waals surface area contributed by atoms with Crippen LogP contribution in [0.25, 0.3) is 10.2 Å². The van der Waals surface area contributed by atoms with Crippen molar-refractivity contribution in [2.45, 2.75) is 26.8 Å². The molecular weight excluding hydrogens is 240 g/mol. The molecule has 0 aromatic carbocycles. The maximum absolute atomic E-state index is 12.0. The van der Waals surface area contributed by atoms with Crippen molar-refractivity contribution in [3.63, 3.8) is 0 Å². The molecule has 0 atom stereocenters. The molecule has 2 aromatic heterocycles. The summed E-state index contributed by atoms with van der Waals surface area (Å²) in [5.74, 6) is -1.20. The Morgan fingerprint density at radius 1 is 1.53 bits per heavy atom. The van der Waals surface area contributed by atoms with E-state index in [4.69, 9.17) is 5.11 Å². The molecule has 0 bridgehead atoms. The lowest BCUT2D eigenvalue weighted by molar-refractivity contribution is 0.0695. The molecule has 2 aromatic rings. The van der Waals surface area contributed by atoms with E-state index in [1.165, 1.54) is 17.7 Å².